The summed E-state index contributed by atoms with van der Waals surface area (Å²) in [4.78, 5) is 25.2. The van der Waals surface area contributed by atoms with Crippen LogP contribution in [-0.2, 0) is 40.8 Å². The Labute approximate surface area is 796 Å². The van der Waals surface area contributed by atoms with Gasteiger partial charge in [-0.15, -0.1) is 105 Å². The smallest absolute Gasteiger partial charge is 0.319 e. The van der Waals surface area contributed by atoms with Crippen molar-refractivity contribution in [1.82, 2.24) is 19.9 Å². The number of thiophene rings is 2. The van der Waals surface area contributed by atoms with E-state index in [4.69, 9.17) is 19.9 Å². The average Bonchev–Trinajstić information content (AvgIpc) is 1.25. The zero-order valence-corrected chi connectivity index (χ0v) is 78.9. The van der Waals surface area contributed by atoms with Gasteiger partial charge >= 0.3 is 40.8 Å². The van der Waals surface area contributed by atoms with Gasteiger partial charge < -0.3 is 19.8 Å². The minimum absolute atomic E-state index is 0. The standard InChI is InChI=1S/2C58H39N3SSi2.2Pd/c1-5-22-44(23-6-1)63(45-24-7-2-8-25-45,48-30-17-20-42(40-48)52-33-15-16-38-59-52)49-31-18-21-43(41-49)61-53-37-36-51-50-32-13-14-34-54(50)62-56(51)57(53)64(46-26-9-3-10-27-46,47-28-11-4-12-29-47)55-35-19-39-60-58(55)61;1-5-22-44(23-6-1)63(45-24-7-2-8-25-45,48-30-17-20-42(40-48)51-33-15-16-38-59-51)49-31-18-21-43(41-49)61-52-36-37-54-56(50-32-13-14-34-53(50)62-54)57(52)64(46-26-9-3-10-27-46,47-28-11-4-12-29-47)55-35-19-39-60-58(55)61;;/h2*1-39H;;/q2*-2;2*+2. The first kappa shape index (κ1) is 83.3. The van der Waals surface area contributed by atoms with E-state index in [2.05, 4.69) is 459 Å². The second kappa shape index (κ2) is 35.4. The molecule has 0 radical (unpaired) electrons. The second-order valence-electron chi connectivity index (χ2n) is 32.5. The number of fused-ring (bicyclic) bond motifs is 12. The minimum atomic E-state index is -3.12. The zero-order valence-electron chi connectivity index (χ0n) is 70.2. The van der Waals surface area contributed by atoms with E-state index in [0.717, 1.165) is 77.6 Å². The van der Waals surface area contributed by atoms with Gasteiger partial charge in [-0.2, -0.15) is 46.8 Å². The van der Waals surface area contributed by atoms with Crippen molar-refractivity contribution in [3.63, 3.8) is 0 Å². The molecule has 130 heavy (non-hydrogen) atoms. The largest absolute Gasteiger partial charge is 2.00 e. The van der Waals surface area contributed by atoms with Crippen LogP contribution < -0.4 is 92.8 Å². The van der Waals surface area contributed by atoms with Crippen molar-refractivity contribution in [1.29, 1.82) is 0 Å². The monoisotopic (exact) mass is 1940 g/mol. The summed E-state index contributed by atoms with van der Waals surface area (Å²) in [6.45, 7) is 0. The number of hydrogen-bond donors (Lipinski definition) is 0. The maximum Gasteiger partial charge on any atom is 2.00 e. The van der Waals surface area contributed by atoms with E-state index < -0.39 is 32.3 Å². The molecule has 0 saturated carbocycles. The topological polar surface area (TPSA) is 58.0 Å². The van der Waals surface area contributed by atoms with Gasteiger partial charge in [-0.05, 0) is 128 Å². The van der Waals surface area contributed by atoms with Gasteiger partial charge in [0.15, 0.2) is 16.1 Å². The number of hydrogen-bond acceptors (Lipinski definition) is 8. The number of pyridine rings is 4. The van der Waals surface area contributed by atoms with Crippen molar-refractivity contribution in [2.45, 2.75) is 0 Å². The SMILES string of the molecule is [Pd+2].[Pd+2].[c-]1c(-c2ccccn2)cccc1[Si](c1[c-]c(N2c3ccc4c(sc5ccccc54)c3[Si](c3ccccc3)(c3ccccc3)c3cccnc32)ccc1)(c1ccccc1)c1ccccc1.[c-]1c(-c2ccccn2)cccc1[Si](c1[c-]c(N2c3ccc4sc5ccccc5c4c3[Si](c3ccccc3)(c3ccccc3)c3cccnc32)ccc1)(c1ccccc1)c1ccccc1. The Balaban J connectivity index is 0.000000155. The normalized spacial score (nSPS) is 12.9. The molecule has 0 spiro atoms. The average molecular weight is 1950 g/mol. The van der Waals surface area contributed by atoms with Gasteiger partial charge in [0.05, 0.1) is 0 Å². The number of rotatable bonds is 16. The molecule has 22 aromatic rings. The maximum absolute atomic E-state index is 5.41. The van der Waals surface area contributed by atoms with E-state index in [0.29, 0.717) is 0 Å². The van der Waals surface area contributed by atoms with Gasteiger partial charge in [-0.3, -0.25) is 0 Å². The molecule has 0 unspecified atom stereocenters. The molecule has 0 saturated heterocycles. The van der Waals surface area contributed by atoms with Crippen LogP contribution in [0.15, 0.2) is 474 Å². The van der Waals surface area contributed by atoms with Crippen LogP contribution in [0.1, 0.15) is 0 Å². The Hall–Kier alpha value is -13.6. The number of anilines is 6. The molecule has 6 nitrogen and oxygen atoms in total. The first-order chi connectivity index (χ1) is 63.5. The summed E-state index contributed by atoms with van der Waals surface area (Å²) in [5.74, 6) is 1.88. The molecule has 2 aliphatic heterocycles. The van der Waals surface area contributed by atoms with Crippen molar-refractivity contribution in [3.8, 4) is 22.5 Å². The first-order valence-electron chi connectivity index (χ1n) is 43.3. The summed E-state index contributed by atoms with van der Waals surface area (Å²) < 4.78 is 5.19. The van der Waals surface area contributed by atoms with E-state index in [1.807, 2.05) is 71.7 Å². The van der Waals surface area contributed by atoms with Crippen LogP contribution in [0.3, 0.4) is 0 Å². The van der Waals surface area contributed by atoms with Crippen LogP contribution in [0.2, 0.25) is 0 Å². The molecule has 8 heterocycles. The van der Waals surface area contributed by atoms with E-state index in [9.17, 15) is 0 Å². The third kappa shape index (κ3) is 13.6. The fourth-order valence-corrected chi connectivity index (χ4v) is 43.2. The Morgan fingerprint density at radius 2 is 0.592 bits per heavy atom. The predicted octanol–water partition coefficient (Wildman–Crippen LogP) is 17.3. The van der Waals surface area contributed by atoms with Gasteiger partial charge in [0.25, 0.3) is 0 Å². The minimum Gasteiger partial charge on any atom is -0.319 e. The van der Waals surface area contributed by atoms with Crippen LogP contribution in [0.5, 0.6) is 0 Å². The van der Waals surface area contributed by atoms with Gasteiger partial charge in [0.2, 0.25) is 0 Å². The van der Waals surface area contributed by atoms with Crippen LogP contribution >= 0.6 is 22.7 Å². The van der Waals surface area contributed by atoms with Crippen LogP contribution in [0.25, 0.3) is 62.9 Å². The van der Waals surface area contributed by atoms with Crippen molar-refractivity contribution in [2.75, 3.05) is 9.80 Å². The number of benzene rings is 16. The Morgan fingerprint density at radius 1 is 0.246 bits per heavy atom. The van der Waals surface area contributed by atoms with Gasteiger partial charge in [0.1, 0.15) is 27.8 Å². The number of nitrogens with zero attached hydrogens (tertiary/aromatic N) is 6. The fourth-order valence-electron chi connectivity index (χ4n) is 20.7. The van der Waals surface area contributed by atoms with Crippen molar-refractivity contribution < 1.29 is 40.8 Å². The van der Waals surface area contributed by atoms with Crippen molar-refractivity contribution in [3.05, 3.63) is 498 Å². The van der Waals surface area contributed by atoms with Crippen LogP contribution in [0.4, 0.5) is 34.4 Å². The first-order valence-corrected chi connectivity index (χ1v) is 52.9. The molecule has 24 rings (SSSR count). The Bertz CT molecular complexity index is 7690. The quantitative estimate of drug-likeness (QED) is 0.0546. The molecular formula is C116H78N6Pd2S2Si4. The third-order valence-corrected chi connectivity index (χ3v) is 47.3. The molecule has 0 atom stereocenters. The molecule has 0 bridgehead atoms. The summed E-state index contributed by atoms with van der Waals surface area (Å²) >= 11 is 3.79. The van der Waals surface area contributed by atoms with E-state index >= 15 is 0 Å². The number of aromatic nitrogens is 4. The Morgan fingerprint density at radius 3 is 1.02 bits per heavy atom. The summed E-state index contributed by atoms with van der Waals surface area (Å²) in [7, 11) is -12.3. The van der Waals surface area contributed by atoms with Crippen molar-refractivity contribution in [2.24, 2.45) is 0 Å². The predicted molar refractivity (Wildman–Crippen MR) is 547 cm³/mol. The molecule has 6 aromatic heterocycles. The van der Waals surface area contributed by atoms with Gasteiger partial charge in [-0.25, -0.2) is 9.97 Å². The van der Waals surface area contributed by atoms with Gasteiger partial charge in [-0.1, -0.05) is 333 Å². The molecule has 14 heteroatoms. The summed E-state index contributed by atoms with van der Waals surface area (Å²) in [6, 6.07) is 180. The second-order valence-corrected chi connectivity index (χ2v) is 49.5. The maximum atomic E-state index is 5.41. The molecule has 16 aromatic carbocycles. The van der Waals surface area contributed by atoms with Crippen molar-refractivity contribution >= 4 is 213 Å². The molecule has 2 aliphatic rings. The summed E-state index contributed by atoms with van der Waals surface area (Å²) in [5, 5.41) is 25.4. The summed E-state index contributed by atoms with van der Waals surface area (Å²) in [5.41, 5.74) is 7.93. The van der Waals surface area contributed by atoms with Gasteiger partial charge in [0, 0.05) is 76.5 Å². The summed E-state index contributed by atoms with van der Waals surface area (Å²) in [6.07, 6.45) is 7.63. The van der Waals surface area contributed by atoms with E-state index in [1.165, 1.54) is 103 Å². The van der Waals surface area contributed by atoms with E-state index in [1.54, 1.807) is 0 Å². The third-order valence-electron chi connectivity index (χ3n) is 25.9. The zero-order chi connectivity index (χ0) is 85.0. The van der Waals surface area contributed by atoms with Crippen LogP contribution in [-0.4, -0.2) is 52.2 Å². The molecular weight excluding hydrogens is 1870 g/mol. The van der Waals surface area contributed by atoms with E-state index in [-0.39, 0.29) is 40.8 Å². The molecule has 620 valence electrons. The Kier molecular flexibility index (Phi) is 22.7. The molecule has 0 amide bonds. The van der Waals surface area contributed by atoms with Crippen LogP contribution in [0, 0.1) is 24.3 Å². The molecule has 0 aliphatic carbocycles. The molecule has 0 fully saturated rings. The fraction of sp³-hybridized carbons (Fsp3) is 0. The molecule has 0 N–H and O–H groups in total.